The van der Waals surface area contributed by atoms with E-state index < -0.39 is 6.10 Å². The molecule has 14 heavy (non-hydrogen) atoms. The van der Waals surface area contributed by atoms with Crippen LogP contribution in [0.25, 0.3) is 0 Å². The Morgan fingerprint density at radius 2 is 2.43 bits per heavy atom. The van der Waals surface area contributed by atoms with Crippen LogP contribution in [0.4, 0.5) is 0 Å². The molecule has 4 nitrogen and oxygen atoms in total. The topological polar surface area (TPSA) is 58.7 Å². The van der Waals surface area contributed by atoms with Crippen LogP contribution >= 0.6 is 0 Å². The van der Waals surface area contributed by atoms with Crippen molar-refractivity contribution in [2.45, 2.75) is 32.0 Å². The molecule has 1 fully saturated rings. The maximum Gasteiger partial charge on any atom is 0.0789 e. The number of aliphatic hydroxyl groups is 1. The molecule has 0 spiro atoms. The first-order valence-electron chi connectivity index (χ1n) is 5.48. The molecule has 1 rings (SSSR count). The van der Waals surface area contributed by atoms with Crippen LogP contribution in [0.15, 0.2) is 0 Å². The normalized spacial score (nSPS) is 24.4. The molecule has 0 aromatic heterocycles. The van der Waals surface area contributed by atoms with Gasteiger partial charge in [-0.05, 0) is 19.4 Å². The fraction of sp³-hybridized carbons (Fsp3) is 1.00. The predicted molar refractivity (Wildman–Crippen MR) is 56.1 cm³/mol. The summed E-state index contributed by atoms with van der Waals surface area (Å²) in [6.07, 6.45) is 2.27. The molecule has 3 N–H and O–H groups in total. The quantitative estimate of drug-likeness (QED) is 0.626. The Morgan fingerprint density at radius 1 is 1.64 bits per heavy atom. The van der Waals surface area contributed by atoms with Gasteiger partial charge in [0.15, 0.2) is 0 Å². The van der Waals surface area contributed by atoms with E-state index in [0.29, 0.717) is 19.2 Å². The monoisotopic (exact) mass is 202 g/mol. The molecule has 0 bridgehead atoms. The second-order valence-electron chi connectivity index (χ2n) is 3.88. The zero-order chi connectivity index (χ0) is 10.4. The molecule has 0 radical (unpaired) electrons. The zero-order valence-corrected chi connectivity index (χ0v) is 8.98. The minimum absolute atomic E-state index is 0.335. The largest absolute Gasteiger partial charge is 0.390 e. The summed E-state index contributed by atoms with van der Waals surface area (Å²) in [4.78, 5) is 2.20. The average Bonchev–Trinajstić information content (AvgIpc) is 2.69. The lowest BCUT2D eigenvalue weighted by atomic mass is 10.2. The van der Waals surface area contributed by atoms with Crippen molar-refractivity contribution in [3.05, 3.63) is 0 Å². The lowest BCUT2D eigenvalue weighted by Crippen LogP contribution is -2.40. The summed E-state index contributed by atoms with van der Waals surface area (Å²) < 4.78 is 5.55. The number of likely N-dealkylation sites (N-methyl/N-ethyl adjacent to an activating group) is 1. The molecule has 0 amide bonds. The van der Waals surface area contributed by atoms with Crippen LogP contribution in [-0.4, -0.2) is 55.0 Å². The third kappa shape index (κ3) is 3.92. The highest BCUT2D eigenvalue weighted by molar-refractivity contribution is 4.72. The Kier molecular flexibility index (Phi) is 5.40. The van der Waals surface area contributed by atoms with Gasteiger partial charge in [-0.15, -0.1) is 0 Å². The molecule has 2 atom stereocenters. The van der Waals surface area contributed by atoms with E-state index in [4.69, 9.17) is 10.5 Å². The van der Waals surface area contributed by atoms with Crippen molar-refractivity contribution in [2.24, 2.45) is 5.73 Å². The Balaban J connectivity index is 2.22. The van der Waals surface area contributed by atoms with Gasteiger partial charge in [0.25, 0.3) is 0 Å². The fourth-order valence-corrected chi connectivity index (χ4v) is 1.78. The summed E-state index contributed by atoms with van der Waals surface area (Å²) in [5, 5.41) is 9.43. The van der Waals surface area contributed by atoms with Gasteiger partial charge in [-0.1, -0.05) is 6.92 Å². The molecule has 1 aliphatic heterocycles. The number of rotatable bonds is 6. The second-order valence-corrected chi connectivity index (χ2v) is 3.88. The van der Waals surface area contributed by atoms with Crippen LogP contribution in [0.1, 0.15) is 19.8 Å². The van der Waals surface area contributed by atoms with E-state index in [1.807, 2.05) is 0 Å². The second kappa shape index (κ2) is 6.35. The average molecular weight is 202 g/mol. The van der Waals surface area contributed by atoms with Gasteiger partial charge < -0.3 is 15.6 Å². The van der Waals surface area contributed by atoms with Crippen molar-refractivity contribution < 1.29 is 9.84 Å². The number of nitrogens with two attached hydrogens (primary N) is 1. The van der Waals surface area contributed by atoms with Gasteiger partial charge >= 0.3 is 0 Å². The number of nitrogens with zero attached hydrogens (tertiary/aromatic N) is 1. The summed E-state index contributed by atoms with van der Waals surface area (Å²) in [6, 6.07) is 0. The molecule has 1 saturated heterocycles. The van der Waals surface area contributed by atoms with E-state index in [0.717, 1.165) is 26.1 Å². The Morgan fingerprint density at radius 3 is 2.93 bits per heavy atom. The highest BCUT2D eigenvalue weighted by atomic mass is 16.5. The van der Waals surface area contributed by atoms with Crippen molar-refractivity contribution in [3.8, 4) is 0 Å². The maximum atomic E-state index is 9.43. The first-order valence-corrected chi connectivity index (χ1v) is 5.48. The minimum atomic E-state index is -0.406. The molecule has 2 unspecified atom stereocenters. The van der Waals surface area contributed by atoms with E-state index in [1.54, 1.807) is 0 Å². The Labute approximate surface area is 86.0 Å². The van der Waals surface area contributed by atoms with E-state index in [2.05, 4.69) is 11.8 Å². The molecular weight excluding hydrogens is 180 g/mol. The summed E-state index contributed by atoms with van der Waals surface area (Å²) >= 11 is 0. The van der Waals surface area contributed by atoms with Crippen molar-refractivity contribution >= 4 is 0 Å². The van der Waals surface area contributed by atoms with Crippen molar-refractivity contribution in [3.63, 3.8) is 0 Å². The lowest BCUT2D eigenvalue weighted by Gasteiger charge is -2.25. The van der Waals surface area contributed by atoms with Crippen LogP contribution in [0.5, 0.6) is 0 Å². The third-order valence-electron chi connectivity index (χ3n) is 2.67. The van der Waals surface area contributed by atoms with Crippen molar-refractivity contribution in [1.82, 2.24) is 4.90 Å². The van der Waals surface area contributed by atoms with E-state index >= 15 is 0 Å². The Bertz CT molecular complexity index is 149. The van der Waals surface area contributed by atoms with E-state index in [1.165, 1.54) is 6.42 Å². The van der Waals surface area contributed by atoms with Gasteiger partial charge in [-0.3, -0.25) is 4.90 Å². The van der Waals surface area contributed by atoms with Gasteiger partial charge in [0, 0.05) is 26.2 Å². The lowest BCUT2D eigenvalue weighted by molar-refractivity contribution is 0.0538. The molecule has 0 saturated carbocycles. The van der Waals surface area contributed by atoms with Crippen LogP contribution in [0.2, 0.25) is 0 Å². The number of hydrogen-bond acceptors (Lipinski definition) is 4. The molecule has 0 aromatic carbocycles. The van der Waals surface area contributed by atoms with Crippen LogP contribution in [0, 0.1) is 0 Å². The van der Waals surface area contributed by atoms with Crippen molar-refractivity contribution in [1.29, 1.82) is 0 Å². The third-order valence-corrected chi connectivity index (χ3v) is 2.67. The van der Waals surface area contributed by atoms with Crippen LogP contribution in [-0.2, 0) is 4.74 Å². The molecule has 1 aliphatic rings. The fourth-order valence-electron chi connectivity index (χ4n) is 1.78. The molecule has 84 valence electrons. The molecule has 0 aromatic rings. The zero-order valence-electron chi connectivity index (χ0n) is 8.98. The SMILES string of the molecule is CCN(CC(O)CN)CC1CCCO1. The van der Waals surface area contributed by atoms with Crippen LogP contribution < -0.4 is 5.73 Å². The molecular formula is C10H22N2O2. The van der Waals surface area contributed by atoms with Gasteiger partial charge in [0.1, 0.15) is 0 Å². The standard InChI is InChI=1S/C10H22N2O2/c1-2-12(7-9(13)6-11)8-10-4-3-5-14-10/h9-10,13H,2-8,11H2,1H3. The van der Waals surface area contributed by atoms with Crippen molar-refractivity contribution in [2.75, 3.05) is 32.8 Å². The smallest absolute Gasteiger partial charge is 0.0789 e. The number of aliphatic hydroxyl groups excluding tert-OH is 1. The highest BCUT2D eigenvalue weighted by Gasteiger charge is 2.19. The molecule has 0 aliphatic carbocycles. The minimum Gasteiger partial charge on any atom is -0.390 e. The summed E-state index contributed by atoms with van der Waals surface area (Å²) in [7, 11) is 0. The molecule has 4 heteroatoms. The maximum absolute atomic E-state index is 9.43. The van der Waals surface area contributed by atoms with Crippen LogP contribution in [0.3, 0.4) is 0 Å². The summed E-state index contributed by atoms with van der Waals surface area (Å²) in [5.41, 5.74) is 5.38. The van der Waals surface area contributed by atoms with Gasteiger partial charge in [0.2, 0.25) is 0 Å². The number of ether oxygens (including phenoxy) is 1. The first kappa shape index (κ1) is 11.9. The van der Waals surface area contributed by atoms with Gasteiger partial charge in [-0.25, -0.2) is 0 Å². The Hall–Kier alpha value is -0.160. The predicted octanol–water partition coefficient (Wildman–Crippen LogP) is -0.193. The van der Waals surface area contributed by atoms with Gasteiger partial charge in [-0.2, -0.15) is 0 Å². The van der Waals surface area contributed by atoms with E-state index in [9.17, 15) is 5.11 Å². The molecule has 1 heterocycles. The number of hydrogen-bond donors (Lipinski definition) is 2. The van der Waals surface area contributed by atoms with E-state index in [-0.39, 0.29) is 0 Å². The first-order chi connectivity index (χ1) is 6.76. The van der Waals surface area contributed by atoms with Gasteiger partial charge in [0.05, 0.1) is 12.2 Å². The highest BCUT2D eigenvalue weighted by Crippen LogP contribution is 2.13. The summed E-state index contributed by atoms with van der Waals surface area (Å²) in [6.45, 7) is 5.85. The summed E-state index contributed by atoms with van der Waals surface area (Å²) in [5.74, 6) is 0.